The first-order chi connectivity index (χ1) is 10.1. The van der Waals surface area contributed by atoms with Gasteiger partial charge in [-0.3, -0.25) is 4.79 Å². The van der Waals surface area contributed by atoms with Gasteiger partial charge in [-0.15, -0.1) is 0 Å². The van der Waals surface area contributed by atoms with Crippen LogP contribution < -0.4 is 15.4 Å². The molecule has 1 aromatic rings. The number of halogens is 2. The molecular weight excluding hydrogens is 299 g/mol. The van der Waals surface area contributed by atoms with Crippen LogP contribution in [0.1, 0.15) is 6.42 Å². The second-order valence-electron chi connectivity index (χ2n) is 4.81. The minimum Gasteiger partial charge on any atom is -0.484 e. The Hall–Kier alpha value is -1.37. The molecule has 7 heteroatoms. The summed E-state index contributed by atoms with van der Waals surface area (Å²) in [5.74, 6) is -0.577. The lowest BCUT2D eigenvalue weighted by atomic mass is 10.0. The largest absolute Gasteiger partial charge is 0.484 e. The van der Waals surface area contributed by atoms with E-state index in [9.17, 15) is 9.18 Å². The fourth-order valence-corrected chi connectivity index (χ4v) is 2.32. The van der Waals surface area contributed by atoms with E-state index in [0.29, 0.717) is 6.54 Å². The van der Waals surface area contributed by atoms with Gasteiger partial charge < -0.3 is 20.1 Å². The van der Waals surface area contributed by atoms with Crippen molar-refractivity contribution in [1.82, 2.24) is 10.6 Å². The third kappa shape index (κ3) is 4.56. The molecule has 0 aliphatic carbocycles. The van der Waals surface area contributed by atoms with Gasteiger partial charge in [-0.25, -0.2) is 4.39 Å². The molecule has 2 atom stereocenters. The van der Waals surface area contributed by atoms with Crippen molar-refractivity contribution in [2.75, 3.05) is 26.8 Å². The van der Waals surface area contributed by atoms with Crippen molar-refractivity contribution < 1.29 is 18.7 Å². The Morgan fingerprint density at radius 2 is 2.38 bits per heavy atom. The summed E-state index contributed by atoms with van der Waals surface area (Å²) in [5, 5.41) is 6.08. The monoisotopic (exact) mass is 316 g/mol. The van der Waals surface area contributed by atoms with E-state index in [4.69, 9.17) is 21.1 Å². The van der Waals surface area contributed by atoms with Gasteiger partial charge in [0.15, 0.2) is 6.61 Å². The van der Waals surface area contributed by atoms with Gasteiger partial charge in [-0.05, 0) is 25.1 Å². The number of ether oxygens (including phenoxy) is 2. The number of methoxy groups -OCH3 is 1. The molecule has 116 valence electrons. The van der Waals surface area contributed by atoms with Crippen LogP contribution in [0.4, 0.5) is 4.39 Å². The fourth-order valence-electron chi connectivity index (χ4n) is 2.21. The maximum Gasteiger partial charge on any atom is 0.258 e. The van der Waals surface area contributed by atoms with E-state index in [0.717, 1.165) is 19.0 Å². The first-order valence-electron chi connectivity index (χ1n) is 6.71. The van der Waals surface area contributed by atoms with Crippen molar-refractivity contribution in [3.63, 3.8) is 0 Å². The lowest BCUT2D eigenvalue weighted by Gasteiger charge is -2.31. The van der Waals surface area contributed by atoms with Crippen LogP contribution in [0.5, 0.6) is 5.75 Å². The third-order valence-electron chi connectivity index (χ3n) is 3.34. The smallest absolute Gasteiger partial charge is 0.258 e. The molecule has 5 nitrogen and oxygen atoms in total. The molecule has 1 unspecified atom stereocenters. The van der Waals surface area contributed by atoms with Crippen LogP contribution in [0.25, 0.3) is 0 Å². The van der Waals surface area contributed by atoms with Crippen LogP contribution in [0.3, 0.4) is 0 Å². The molecule has 1 saturated heterocycles. The van der Waals surface area contributed by atoms with Crippen molar-refractivity contribution >= 4 is 17.5 Å². The SMILES string of the molecule is COC1CNCC[C@H]1NC(=O)COc1ccc(Cl)c(F)c1. The van der Waals surface area contributed by atoms with E-state index in [-0.39, 0.29) is 35.4 Å². The molecule has 0 saturated carbocycles. The molecular formula is C14H18ClFN2O3. The Bertz CT molecular complexity index is 501. The normalized spacial score (nSPS) is 21.9. The average molecular weight is 317 g/mol. The molecule has 0 radical (unpaired) electrons. The highest BCUT2D eigenvalue weighted by Gasteiger charge is 2.26. The molecule has 1 aromatic carbocycles. The number of carbonyl (C=O) groups is 1. The van der Waals surface area contributed by atoms with Crippen LogP contribution in [-0.2, 0) is 9.53 Å². The van der Waals surface area contributed by atoms with E-state index in [2.05, 4.69) is 10.6 Å². The number of nitrogens with one attached hydrogen (secondary N) is 2. The summed E-state index contributed by atoms with van der Waals surface area (Å²) in [6.45, 7) is 1.35. The summed E-state index contributed by atoms with van der Waals surface area (Å²) in [6, 6.07) is 4.01. The number of benzene rings is 1. The van der Waals surface area contributed by atoms with E-state index < -0.39 is 5.82 Å². The molecule has 1 fully saturated rings. The van der Waals surface area contributed by atoms with Crippen molar-refractivity contribution in [3.8, 4) is 5.75 Å². The number of hydrogen-bond donors (Lipinski definition) is 2. The molecule has 0 bridgehead atoms. The standard InChI is InChI=1S/C14H18ClFN2O3/c1-20-13-7-17-5-4-12(13)18-14(19)8-21-9-2-3-10(15)11(16)6-9/h2-3,6,12-13,17H,4-5,7-8H2,1H3,(H,18,19)/t12-,13?/m1/s1. The summed E-state index contributed by atoms with van der Waals surface area (Å²) < 4.78 is 23.8. The zero-order valence-corrected chi connectivity index (χ0v) is 12.5. The number of piperidine rings is 1. The van der Waals surface area contributed by atoms with Gasteiger partial charge in [-0.2, -0.15) is 0 Å². The highest BCUT2D eigenvalue weighted by molar-refractivity contribution is 6.30. The number of carbonyl (C=O) groups excluding carboxylic acids is 1. The zero-order chi connectivity index (χ0) is 15.2. The van der Waals surface area contributed by atoms with Gasteiger partial charge in [0.1, 0.15) is 11.6 Å². The molecule has 2 N–H and O–H groups in total. The molecule has 1 aliphatic heterocycles. The first kappa shape index (κ1) is 16.0. The number of hydrogen-bond acceptors (Lipinski definition) is 4. The topological polar surface area (TPSA) is 59.6 Å². The van der Waals surface area contributed by atoms with Gasteiger partial charge in [0.25, 0.3) is 5.91 Å². The Morgan fingerprint density at radius 3 is 3.10 bits per heavy atom. The average Bonchev–Trinajstić information content (AvgIpc) is 2.49. The minimum absolute atomic E-state index is 0.0180. The Labute approximate surface area is 127 Å². The quantitative estimate of drug-likeness (QED) is 0.861. The number of amides is 1. The van der Waals surface area contributed by atoms with Crippen LogP contribution in [-0.4, -0.2) is 44.9 Å². The maximum absolute atomic E-state index is 13.2. The van der Waals surface area contributed by atoms with E-state index in [1.807, 2.05) is 0 Å². The van der Waals surface area contributed by atoms with Gasteiger partial charge in [0, 0.05) is 19.7 Å². The van der Waals surface area contributed by atoms with Gasteiger partial charge in [0.05, 0.1) is 17.2 Å². The molecule has 0 aromatic heterocycles. The van der Waals surface area contributed by atoms with Gasteiger partial charge in [-0.1, -0.05) is 11.6 Å². The predicted octanol–water partition coefficient (Wildman–Crippen LogP) is 1.35. The zero-order valence-electron chi connectivity index (χ0n) is 11.7. The van der Waals surface area contributed by atoms with Crippen molar-refractivity contribution in [1.29, 1.82) is 0 Å². The van der Waals surface area contributed by atoms with Crippen LogP contribution in [0.2, 0.25) is 5.02 Å². The van der Waals surface area contributed by atoms with Gasteiger partial charge >= 0.3 is 0 Å². The number of rotatable bonds is 5. The molecule has 0 spiro atoms. The van der Waals surface area contributed by atoms with E-state index in [1.165, 1.54) is 12.1 Å². The minimum atomic E-state index is -0.577. The second kappa shape index (κ2) is 7.59. The first-order valence-corrected chi connectivity index (χ1v) is 7.08. The molecule has 1 aliphatic rings. The third-order valence-corrected chi connectivity index (χ3v) is 3.64. The summed E-state index contributed by atoms with van der Waals surface area (Å²) in [7, 11) is 1.61. The molecule has 1 heterocycles. The lowest BCUT2D eigenvalue weighted by Crippen LogP contribution is -2.54. The van der Waals surface area contributed by atoms with E-state index >= 15 is 0 Å². The summed E-state index contributed by atoms with van der Waals surface area (Å²) in [4.78, 5) is 11.9. The summed E-state index contributed by atoms with van der Waals surface area (Å²) >= 11 is 5.57. The summed E-state index contributed by atoms with van der Waals surface area (Å²) in [6.07, 6.45) is 0.732. The van der Waals surface area contributed by atoms with Crippen molar-refractivity contribution in [2.24, 2.45) is 0 Å². The molecule has 2 rings (SSSR count). The summed E-state index contributed by atoms with van der Waals surface area (Å²) in [5.41, 5.74) is 0. The lowest BCUT2D eigenvalue weighted by molar-refractivity contribution is -0.125. The highest BCUT2D eigenvalue weighted by Crippen LogP contribution is 2.20. The second-order valence-corrected chi connectivity index (χ2v) is 5.21. The Balaban J connectivity index is 1.82. The molecule has 1 amide bonds. The van der Waals surface area contributed by atoms with Crippen LogP contribution in [0, 0.1) is 5.82 Å². The Kier molecular flexibility index (Phi) is 5.78. The van der Waals surface area contributed by atoms with Gasteiger partial charge in [0.2, 0.25) is 0 Å². The highest BCUT2D eigenvalue weighted by atomic mass is 35.5. The fraction of sp³-hybridized carbons (Fsp3) is 0.500. The van der Waals surface area contributed by atoms with Crippen molar-refractivity contribution in [2.45, 2.75) is 18.6 Å². The van der Waals surface area contributed by atoms with Crippen molar-refractivity contribution in [3.05, 3.63) is 29.0 Å². The van der Waals surface area contributed by atoms with Crippen LogP contribution in [0.15, 0.2) is 18.2 Å². The van der Waals surface area contributed by atoms with Crippen LogP contribution >= 0.6 is 11.6 Å². The van der Waals surface area contributed by atoms with E-state index in [1.54, 1.807) is 7.11 Å². The maximum atomic E-state index is 13.2. The predicted molar refractivity (Wildman–Crippen MR) is 77.1 cm³/mol. The molecule has 21 heavy (non-hydrogen) atoms. The Morgan fingerprint density at radius 1 is 1.57 bits per heavy atom.